The molecule has 1 N–H and O–H groups in total. The summed E-state index contributed by atoms with van der Waals surface area (Å²) >= 11 is 0. The van der Waals surface area contributed by atoms with Gasteiger partial charge < -0.3 is 29.0 Å². The molecule has 0 aliphatic rings. The molecule has 8 heteroatoms. The summed E-state index contributed by atoms with van der Waals surface area (Å²) in [6.45, 7) is 1.92. The highest BCUT2D eigenvalue weighted by Crippen LogP contribution is 2.39. The highest BCUT2D eigenvalue weighted by atomic mass is 16.5. The third kappa shape index (κ3) is 6.41. The lowest BCUT2D eigenvalue weighted by Gasteiger charge is -2.14. The van der Waals surface area contributed by atoms with Crippen LogP contribution in [0.1, 0.15) is 21.5 Å². The van der Waals surface area contributed by atoms with Gasteiger partial charge in [-0.15, -0.1) is 0 Å². The number of amides is 1. The van der Waals surface area contributed by atoms with Crippen molar-refractivity contribution in [2.45, 2.75) is 13.5 Å². The van der Waals surface area contributed by atoms with Gasteiger partial charge in [0.25, 0.3) is 5.91 Å². The van der Waals surface area contributed by atoms with Gasteiger partial charge in [0.2, 0.25) is 5.75 Å². The fourth-order valence-electron chi connectivity index (χ4n) is 3.25. The van der Waals surface area contributed by atoms with Crippen LogP contribution in [-0.2, 0) is 16.1 Å². The van der Waals surface area contributed by atoms with E-state index in [1.807, 2.05) is 31.2 Å². The largest absolute Gasteiger partial charge is 0.493 e. The smallest absolute Gasteiger partial charge is 0.338 e. The van der Waals surface area contributed by atoms with Gasteiger partial charge in [-0.3, -0.25) is 4.79 Å². The number of ether oxygens (including phenoxy) is 5. The molecule has 0 fully saturated rings. The van der Waals surface area contributed by atoms with Gasteiger partial charge in [0.15, 0.2) is 18.1 Å². The van der Waals surface area contributed by atoms with Crippen molar-refractivity contribution in [2.24, 2.45) is 0 Å². The maximum Gasteiger partial charge on any atom is 0.338 e. The van der Waals surface area contributed by atoms with E-state index in [2.05, 4.69) is 5.32 Å². The zero-order valence-electron chi connectivity index (χ0n) is 19.5. The van der Waals surface area contributed by atoms with Gasteiger partial charge in [-0.1, -0.05) is 35.9 Å². The summed E-state index contributed by atoms with van der Waals surface area (Å²) in [4.78, 5) is 24.8. The minimum Gasteiger partial charge on any atom is -0.493 e. The lowest BCUT2D eigenvalue weighted by Crippen LogP contribution is -2.21. The second kappa shape index (κ2) is 11.6. The summed E-state index contributed by atoms with van der Waals surface area (Å²) in [6.07, 6.45) is 0. The molecule has 0 saturated heterocycles. The standard InChI is InChI=1S/C26H27NO7/c1-17-7-5-8-18(11-17)15-33-21-10-6-9-19(12-21)26(29)34-16-24(28)27-20-13-22(30-2)25(32-4)23(14-20)31-3/h5-14H,15-16H2,1-4H3,(H,27,28). The molecule has 3 rings (SSSR count). The Bertz CT molecular complexity index is 1130. The summed E-state index contributed by atoms with van der Waals surface area (Å²) in [6, 6.07) is 17.8. The summed E-state index contributed by atoms with van der Waals surface area (Å²) in [5, 5.41) is 2.65. The van der Waals surface area contributed by atoms with Crippen LogP contribution in [0.2, 0.25) is 0 Å². The van der Waals surface area contributed by atoms with Crippen LogP contribution in [0.15, 0.2) is 60.7 Å². The van der Waals surface area contributed by atoms with Gasteiger partial charge in [0, 0.05) is 17.8 Å². The van der Waals surface area contributed by atoms with Gasteiger partial charge in [-0.2, -0.15) is 0 Å². The van der Waals surface area contributed by atoms with Crippen molar-refractivity contribution in [3.8, 4) is 23.0 Å². The molecule has 0 bridgehead atoms. The van der Waals surface area contributed by atoms with Crippen molar-refractivity contribution in [2.75, 3.05) is 33.3 Å². The molecule has 0 aromatic heterocycles. The first kappa shape index (κ1) is 24.4. The second-order valence-electron chi connectivity index (χ2n) is 7.34. The maximum atomic E-state index is 12.4. The highest BCUT2D eigenvalue weighted by molar-refractivity contribution is 5.96. The molecule has 0 saturated carbocycles. The first-order valence-electron chi connectivity index (χ1n) is 10.5. The van der Waals surface area contributed by atoms with E-state index in [4.69, 9.17) is 23.7 Å². The van der Waals surface area contributed by atoms with E-state index in [0.717, 1.165) is 11.1 Å². The van der Waals surface area contributed by atoms with Crippen LogP contribution in [0.3, 0.4) is 0 Å². The van der Waals surface area contributed by atoms with Crippen molar-refractivity contribution in [1.29, 1.82) is 0 Å². The molecule has 0 radical (unpaired) electrons. The molecule has 178 valence electrons. The SMILES string of the molecule is COc1cc(NC(=O)COC(=O)c2cccc(OCc3cccc(C)c3)c2)cc(OC)c1OC. The van der Waals surface area contributed by atoms with Crippen molar-refractivity contribution < 1.29 is 33.3 Å². The molecule has 8 nitrogen and oxygen atoms in total. The average Bonchev–Trinajstić information content (AvgIpc) is 2.85. The van der Waals surface area contributed by atoms with E-state index < -0.39 is 18.5 Å². The predicted octanol–water partition coefficient (Wildman–Crippen LogP) is 4.40. The minimum atomic E-state index is -0.638. The molecule has 0 unspecified atom stereocenters. The maximum absolute atomic E-state index is 12.4. The number of carbonyl (C=O) groups is 2. The number of anilines is 1. The van der Waals surface area contributed by atoms with Crippen LogP contribution in [0.25, 0.3) is 0 Å². The molecule has 3 aromatic carbocycles. The Balaban J connectivity index is 1.57. The Labute approximate surface area is 198 Å². The third-order valence-electron chi connectivity index (χ3n) is 4.84. The van der Waals surface area contributed by atoms with E-state index in [1.165, 1.54) is 21.3 Å². The van der Waals surface area contributed by atoms with Gasteiger partial charge in [0.1, 0.15) is 12.4 Å². The Morgan fingerprint density at radius 2 is 1.56 bits per heavy atom. The van der Waals surface area contributed by atoms with Gasteiger partial charge in [-0.25, -0.2) is 4.79 Å². The molecule has 34 heavy (non-hydrogen) atoms. The fraction of sp³-hybridized carbons (Fsp3) is 0.231. The van der Waals surface area contributed by atoms with Gasteiger partial charge in [-0.05, 0) is 30.7 Å². The van der Waals surface area contributed by atoms with Gasteiger partial charge in [0.05, 0.1) is 26.9 Å². The Kier molecular flexibility index (Phi) is 8.34. The summed E-state index contributed by atoms with van der Waals surface area (Å²) in [5.41, 5.74) is 2.85. The number of rotatable bonds is 10. The van der Waals surface area contributed by atoms with Crippen molar-refractivity contribution in [3.63, 3.8) is 0 Å². The van der Waals surface area contributed by atoms with E-state index in [1.54, 1.807) is 36.4 Å². The first-order valence-corrected chi connectivity index (χ1v) is 10.5. The van der Waals surface area contributed by atoms with Crippen LogP contribution in [-0.4, -0.2) is 39.8 Å². The van der Waals surface area contributed by atoms with Crippen molar-refractivity contribution in [3.05, 3.63) is 77.4 Å². The van der Waals surface area contributed by atoms with Crippen LogP contribution in [0.5, 0.6) is 23.0 Å². The lowest BCUT2D eigenvalue weighted by atomic mass is 10.1. The topological polar surface area (TPSA) is 92.3 Å². The molecule has 0 heterocycles. The van der Waals surface area contributed by atoms with Crippen LogP contribution in [0, 0.1) is 6.92 Å². The number of nitrogens with one attached hydrogen (secondary N) is 1. The summed E-state index contributed by atoms with van der Waals surface area (Å²) < 4.78 is 26.7. The number of benzene rings is 3. The highest BCUT2D eigenvalue weighted by Gasteiger charge is 2.16. The average molecular weight is 466 g/mol. The Morgan fingerprint density at radius 3 is 2.21 bits per heavy atom. The zero-order valence-corrected chi connectivity index (χ0v) is 19.5. The number of methoxy groups -OCH3 is 3. The monoisotopic (exact) mass is 465 g/mol. The van der Waals surface area contributed by atoms with E-state index in [9.17, 15) is 9.59 Å². The molecular formula is C26H27NO7. The first-order chi connectivity index (χ1) is 16.4. The number of hydrogen-bond donors (Lipinski definition) is 1. The molecule has 1 amide bonds. The quantitative estimate of drug-likeness (QED) is 0.444. The molecule has 0 aliphatic heterocycles. The minimum absolute atomic E-state index is 0.280. The fourth-order valence-corrected chi connectivity index (χ4v) is 3.25. The van der Waals surface area contributed by atoms with Gasteiger partial charge >= 0.3 is 5.97 Å². The third-order valence-corrected chi connectivity index (χ3v) is 4.84. The van der Waals surface area contributed by atoms with Crippen molar-refractivity contribution in [1.82, 2.24) is 0 Å². The number of aryl methyl sites for hydroxylation is 1. The van der Waals surface area contributed by atoms with E-state index in [0.29, 0.717) is 35.3 Å². The van der Waals surface area contributed by atoms with Crippen molar-refractivity contribution >= 4 is 17.6 Å². The number of carbonyl (C=O) groups excluding carboxylic acids is 2. The van der Waals surface area contributed by atoms with Crippen LogP contribution in [0.4, 0.5) is 5.69 Å². The summed E-state index contributed by atoms with van der Waals surface area (Å²) in [7, 11) is 4.44. The second-order valence-corrected chi connectivity index (χ2v) is 7.34. The van der Waals surface area contributed by atoms with E-state index >= 15 is 0 Å². The lowest BCUT2D eigenvalue weighted by molar-refractivity contribution is -0.119. The molecule has 0 spiro atoms. The molecular weight excluding hydrogens is 438 g/mol. The van der Waals surface area contributed by atoms with Crippen LogP contribution < -0.4 is 24.3 Å². The molecule has 3 aromatic rings. The van der Waals surface area contributed by atoms with Crippen LogP contribution >= 0.6 is 0 Å². The van der Waals surface area contributed by atoms with E-state index in [-0.39, 0.29) is 5.56 Å². The Morgan fingerprint density at radius 1 is 0.853 bits per heavy atom. The Hall–Kier alpha value is -4.20. The molecule has 0 atom stereocenters. The number of esters is 1. The predicted molar refractivity (Wildman–Crippen MR) is 127 cm³/mol. The number of hydrogen-bond acceptors (Lipinski definition) is 7. The normalized spacial score (nSPS) is 10.2. The molecule has 0 aliphatic carbocycles. The summed E-state index contributed by atoms with van der Waals surface area (Å²) in [5.74, 6) is 0.542. The zero-order chi connectivity index (χ0) is 24.5.